The van der Waals surface area contributed by atoms with Gasteiger partial charge in [-0.3, -0.25) is 0 Å². The predicted molar refractivity (Wildman–Crippen MR) is 69.1 cm³/mol. The van der Waals surface area contributed by atoms with E-state index in [2.05, 4.69) is 6.92 Å². The Morgan fingerprint density at radius 3 is 2.29 bits per heavy atom. The van der Waals surface area contributed by atoms with Crippen LogP contribution in [0.5, 0.6) is 5.75 Å². The molecule has 0 amide bonds. The molecule has 0 spiro atoms. The van der Waals surface area contributed by atoms with Crippen LogP contribution in [0.4, 0.5) is 0 Å². The molecule has 0 heterocycles. The van der Waals surface area contributed by atoms with Gasteiger partial charge < -0.3 is 9.84 Å². The number of benzene rings is 1. The van der Waals surface area contributed by atoms with Crippen molar-refractivity contribution in [2.75, 3.05) is 0 Å². The van der Waals surface area contributed by atoms with Gasteiger partial charge in [0.1, 0.15) is 5.75 Å². The molecule has 2 nitrogen and oxygen atoms in total. The minimum absolute atomic E-state index is 0.189. The lowest BCUT2D eigenvalue weighted by Gasteiger charge is -2.27. The summed E-state index contributed by atoms with van der Waals surface area (Å²) < 4.78 is 5.61. The Kier molecular flexibility index (Phi) is 3.43. The van der Waals surface area contributed by atoms with E-state index in [-0.39, 0.29) is 6.10 Å². The van der Waals surface area contributed by atoms with Gasteiger partial charge in [0.2, 0.25) is 0 Å². The highest BCUT2D eigenvalue weighted by atomic mass is 16.5. The minimum atomic E-state index is -0.629. The first-order chi connectivity index (χ1) is 8.06. The number of hydrogen-bond acceptors (Lipinski definition) is 2. The molecule has 0 radical (unpaired) electrons. The summed E-state index contributed by atoms with van der Waals surface area (Å²) in [6.45, 7) is 6.08. The second-order valence-corrected chi connectivity index (χ2v) is 5.24. The molecule has 2 rings (SSSR count). The van der Waals surface area contributed by atoms with Crippen molar-refractivity contribution in [1.29, 1.82) is 0 Å². The van der Waals surface area contributed by atoms with Crippen molar-refractivity contribution in [2.45, 2.75) is 51.7 Å². The van der Waals surface area contributed by atoms with Gasteiger partial charge in [0.05, 0.1) is 11.7 Å². The molecule has 1 atom stereocenters. The monoisotopic (exact) mass is 234 g/mol. The van der Waals surface area contributed by atoms with Crippen LogP contribution in [0.1, 0.15) is 45.6 Å². The smallest absolute Gasteiger partial charge is 0.119 e. The SMILES string of the molecule is CCC(O)(c1ccc(OC(C)C)cc1)C1CC1. The van der Waals surface area contributed by atoms with Gasteiger partial charge in [0.25, 0.3) is 0 Å². The van der Waals surface area contributed by atoms with Crippen molar-refractivity contribution in [2.24, 2.45) is 5.92 Å². The van der Waals surface area contributed by atoms with Gasteiger partial charge in [0, 0.05) is 0 Å². The molecule has 0 bridgehead atoms. The Morgan fingerprint density at radius 2 is 1.88 bits per heavy atom. The maximum atomic E-state index is 10.7. The van der Waals surface area contributed by atoms with Crippen LogP contribution in [0.25, 0.3) is 0 Å². The summed E-state index contributed by atoms with van der Waals surface area (Å²) in [5.74, 6) is 1.32. The highest BCUT2D eigenvalue weighted by Crippen LogP contribution is 2.47. The molecule has 0 aromatic heterocycles. The van der Waals surface area contributed by atoms with Crippen LogP contribution in [-0.2, 0) is 5.60 Å². The van der Waals surface area contributed by atoms with E-state index in [0.29, 0.717) is 5.92 Å². The summed E-state index contributed by atoms with van der Waals surface area (Å²) in [5.41, 5.74) is 0.398. The Labute approximate surface area is 104 Å². The molecule has 1 fully saturated rings. The second kappa shape index (κ2) is 4.69. The van der Waals surface area contributed by atoms with Crippen molar-refractivity contribution in [3.63, 3.8) is 0 Å². The predicted octanol–water partition coefficient (Wildman–Crippen LogP) is 3.48. The van der Waals surface area contributed by atoms with Crippen LogP contribution in [-0.4, -0.2) is 11.2 Å². The Balaban J connectivity index is 2.16. The molecule has 1 aromatic rings. The maximum Gasteiger partial charge on any atom is 0.119 e. The second-order valence-electron chi connectivity index (χ2n) is 5.24. The third-order valence-corrected chi connectivity index (χ3v) is 3.52. The van der Waals surface area contributed by atoms with Crippen molar-refractivity contribution >= 4 is 0 Å². The van der Waals surface area contributed by atoms with Crippen molar-refractivity contribution in [3.05, 3.63) is 29.8 Å². The van der Waals surface area contributed by atoms with Gasteiger partial charge in [-0.1, -0.05) is 19.1 Å². The first-order valence-corrected chi connectivity index (χ1v) is 6.56. The fraction of sp³-hybridized carbons (Fsp3) is 0.600. The highest BCUT2D eigenvalue weighted by Gasteiger charge is 2.43. The molecular weight excluding hydrogens is 212 g/mol. The topological polar surface area (TPSA) is 29.5 Å². The molecule has 2 heteroatoms. The van der Waals surface area contributed by atoms with Crippen molar-refractivity contribution < 1.29 is 9.84 Å². The molecule has 1 aliphatic rings. The molecule has 0 aliphatic heterocycles. The number of aliphatic hydroxyl groups is 1. The fourth-order valence-electron chi connectivity index (χ4n) is 2.38. The lowest BCUT2D eigenvalue weighted by Crippen LogP contribution is -2.27. The Bertz CT molecular complexity index is 365. The van der Waals surface area contributed by atoms with Gasteiger partial charge in [-0.25, -0.2) is 0 Å². The maximum absolute atomic E-state index is 10.7. The van der Waals surface area contributed by atoms with Gasteiger partial charge in [-0.05, 0) is 56.7 Å². The first kappa shape index (κ1) is 12.4. The molecule has 1 unspecified atom stereocenters. The molecule has 1 aromatic carbocycles. The molecule has 1 aliphatic carbocycles. The molecular formula is C15H22O2. The average Bonchev–Trinajstić information content (AvgIpc) is 3.12. The van der Waals surface area contributed by atoms with Gasteiger partial charge in [0.15, 0.2) is 0 Å². The van der Waals surface area contributed by atoms with Crippen LogP contribution in [0.2, 0.25) is 0 Å². The highest BCUT2D eigenvalue weighted by molar-refractivity contribution is 5.32. The lowest BCUT2D eigenvalue weighted by molar-refractivity contribution is 0.00885. The van der Waals surface area contributed by atoms with E-state index < -0.39 is 5.60 Å². The van der Waals surface area contributed by atoms with Crippen LogP contribution in [0, 0.1) is 5.92 Å². The molecule has 1 saturated carbocycles. The molecule has 0 saturated heterocycles. The van der Waals surface area contributed by atoms with E-state index in [4.69, 9.17) is 4.74 Å². The number of hydrogen-bond donors (Lipinski definition) is 1. The summed E-state index contributed by atoms with van der Waals surface area (Å²) in [6.07, 6.45) is 3.26. The Hall–Kier alpha value is -1.02. The number of ether oxygens (including phenoxy) is 1. The summed E-state index contributed by atoms with van der Waals surface area (Å²) >= 11 is 0. The van der Waals surface area contributed by atoms with E-state index >= 15 is 0 Å². The van der Waals surface area contributed by atoms with E-state index in [1.165, 1.54) is 0 Å². The summed E-state index contributed by atoms with van der Waals surface area (Å²) in [4.78, 5) is 0. The van der Waals surface area contributed by atoms with Crippen LogP contribution in [0.3, 0.4) is 0 Å². The zero-order chi connectivity index (χ0) is 12.5. The zero-order valence-electron chi connectivity index (χ0n) is 10.9. The third-order valence-electron chi connectivity index (χ3n) is 3.52. The van der Waals surface area contributed by atoms with Crippen molar-refractivity contribution in [1.82, 2.24) is 0 Å². The van der Waals surface area contributed by atoms with E-state index in [1.807, 2.05) is 38.1 Å². The Morgan fingerprint density at radius 1 is 1.29 bits per heavy atom. The van der Waals surface area contributed by atoms with E-state index in [0.717, 1.165) is 30.6 Å². The minimum Gasteiger partial charge on any atom is -0.491 e. The lowest BCUT2D eigenvalue weighted by atomic mass is 9.86. The largest absolute Gasteiger partial charge is 0.491 e. The third kappa shape index (κ3) is 2.63. The zero-order valence-corrected chi connectivity index (χ0v) is 10.9. The first-order valence-electron chi connectivity index (χ1n) is 6.56. The fourth-order valence-corrected chi connectivity index (χ4v) is 2.38. The van der Waals surface area contributed by atoms with Crippen LogP contribution < -0.4 is 4.74 Å². The van der Waals surface area contributed by atoms with E-state index in [9.17, 15) is 5.11 Å². The molecule has 94 valence electrons. The van der Waals surface area contributed by atoms with Gasteiger partial charge in [-0.15, -0.1) is 0 Å². The average molecular weight is 234 g/mol. The van der Waals surface area contributed by atoms with Gasteiger partial charge in [-0.2, -0.15) is 0 Å². The van der Waals surface area contributed by atoms with E-state index in [1.54, 1.807) is 0 Å². The molecule has 1 N–H and O–H groups in total. The quantitative estimate of drug-likeness (QED) is 0.845. The summed E-state index contributed by atoms with van der Waals surface area (Å²) in [5, 5.41) is 10.7. The standard InChI is InChI=1S/C15H22O2/c1-4-15(16,12-5-6-12)13-7-9-14(10-8-13)17-11(2)3/h7-12,16H,4-6H2,1-3H3. The van der Waals surface area contributed by atoms with Gasteiger partial charge >= 0.3 is 0 Å². The van der Waals surface area contributed by atoms with Crippen LogP contribution in [0.15, 0.2) is 24.3 Å². The molecule has 17 heavy (non-hydrogen) atoms. The number of rotatable bonds is 5. The normalized spacial score (nSPS) is 19.1. The van der Waals surface area contributed by atoms with Crippen LogP contribution >= 0.6 is 0 Å². The summed E-state index contributed by atoms with van der Waals surface area (Å²) in [7, 11) is 0. The summed E-state index contributed by atoms with van der Waals surface area (Å²) in [6, 6.07) is 7.91. The van der Waals surface area contributed by atoms with Crippen molar-refractivity contribution in [3.8, 4) is 5.75 Å².